The second kappa shape index (κ2) is 8.62. The number of rotatable bonds is 5. The first-order chi connectivity index (χ1) is 15.3. The molecular formula is C28H30N2O2. The first-order valence-corrected chi connectivity index (χ1v) is 11.0. The highest BCUT2D eigenvalue weighted by atomic mass is 16.5. The molecule has 32 heavy (non-hydrogen) atoms. The van der Waals surface area contributed by atoms with Crippen LogP contribution in [0.3, 0.4) is 0 Å². The van der Waals surface area contributed by atoms with E-state index in [1.54, 1.807) is 13.3 Å². The Morgan fingerprint density at radius 3 is 2.72 bits per heavy atom. The molecule has 0 spiro atoms. The minimum Gasteiger partial charge on any atom is -0.497 e. The number of hydrogen-bond donors (Lipinski definition) is 1. The maximum atomic E-state index is 12.7. The molecule has 0 aliphatic heterocycles. The molecule has 1 aliphatic carbocycles. The standard InChI is InChI=1S/C28H30N2O2/c1-18-22(19-7-5-9-21(15-19)32-4)11-13-28(2,3)26(18)16-25(27(29)31)24-10-6-8-20-17-30-14-12-23(20)24/h5-10,12,14-17,22H,11,13H2,1-4H3,(H2,29,31)/b25-16+. The summed E-state index contributed by atoms with van der Waals surface area (Å²) in [6, 6.07) is 16.1. The Hall–Kier alpha value is -3.40. The largest absolute Gasteiger partial charge is 0.497 e. The fourth-order valence-electron chi connectivity index (χ4n) is 4.95. The molecule has 1 heterocycles. The molecule has 4 rings (SSSR count). The molecule has 1 aliphatic rings. The number of amides is 1. The number of methoxy groups -OCH3 is 1. The number of carbonyl (C=O) groups excluding carboxylic acids is 1. The molecular weight excluding hydrogens is 396 g/mol. The van der Waals surface area contributed by atoms with E-state index in [2.05, 4.69) is 37.9 Å². The van der Waals surface area contributed by atoms with E-state index in [0.29, 0.717) is 5.57 Å². The molecule has 4 nitrogen and oxygen atoms in total. The van der Waals surface area contributed by atoms with Gasteiger partial charge >= 0.3 is 0 Å². The molecule has 0 saturated carbocycles. The van der Waals surface area contributed by atoms with Gasteiger partial charge in [-0.05, 0) is 71.5 Å². The van der Waals surface area contributed by atoms with Crippen LogP contribution in [0.4, 0.5) is 0 Å². The van der Waals surface area contributed by atoms with Gasteiger partial charge < -0.3 is 10.5 Å². The zero-order valence-electron chi connectivity index (χ0n) is 19.2. The van der Waals surface area contributed by atoms with Gasteiger partial charge in [0.05, 0.1) is 7.11 Å². The van der Waals surface area contributed by atoms with Gasteiger partial charge in [-0.25, -0.2) is 0 Å². The predicted octanol–water partition coefficient (Wildman–Crippen LogP) is 6.03. The number of aromatic nitrogens is 1. The molecule has 1 amide bonds. The van der Waals surface area contributed by atoms with E-state index in [0.717, 1.165) is 34.9 Å². The lowest BCUT2D eigenvalue weighted by molar-refractivity contribution is -0.112. The maximum absolute atomic E-state index is 12.7. The van der Waals surface area contributed by atoms with Crippen molar-refractivity contribution in [2.75, 3.05) is 7.11 Å². The molecule has 0 bridgehead atoms. The van der Waals surface area contributed by atoms with Crippen molar-refractivity contribution < 1.29 is 9.53 Å². The van der Waals surface area contributed by atoms with Crippen LogP contribution in [0.2, 0.25) is 0 Å². The third-order valence-electron chi connectivity index (χ3n) is 6.76. The molecule has 3 aromatic rings. The number of allylic oxidation sites excluding steroid dienone is 3. The zero-order chi connectivity index (χ0) is 22.9. The number of fused-ring (bicyclic) bond motifs is 1. The second-order valence-electron chi connectivity index (χ2n) is 9.17. The van der Waals surface area contributed by atoms with Crippen LogP contribution in [-0.2, 0) is 4.79 Å². The molecule has 164 valence electrons. The Bertz CT molecular complexity index is 1230. The number of benzene rings is 2. The van der Waals surface area contributed by atoms with E-state index in [1.165, 1.54) is 16.7 Å². The summed E-state index contributed by atoms with van der Waals surface area (Å²) < 4.78 is 5.45. The van der Waals surface area contributed by atoms with E-state index in [-0.39, 0.29) is 11.3 Å². The fraction of sp³-hybridized carbons (Fsp3) is 0.286. The Morgan fingerprint density at radius 1 is 1.19 bits per heavy atom. The van der Waals surface area contributed by atoms with E-state index in [4.69, 9.17) is 10.5 Å². The van der Waals surface area contributed by atoms with Crippen molar-refractivity contribution >= 4 is 22.3 Å². The number of nitrogens with two attached hydrogens (primary N) is 1. The van der Waals surface area contributed by atoms with Crippen molar-refractivity contribution in [2.24, 2.45) is 11.1 Å². The van der Waals surface area contributed by atoms with E-state index < -0.39 is 5.91 Å². The molecule has 4 heteroatoms. The van der Waals surface area contributed by atoms with Crippen LogP contribution in [0.5, 0.6) is 5.75 Å². The number of hydrogen-bond acceptors (Lipinski definition) is 3. The van der Waals surface area contributed by atoms with E-state index in [1.807, 2.05) is 48.7 Å². The normalized spacial score (nSPS) is 18.6. The predicted molar refractivity (Wildman–Crippen MR) is 130 cm³/mol. The summed E-state index contributed by atoms with van der Waals surface area (Å²) in [4.78, 5) is 16.9. The summed E-state index contributed by atoms with van der Waals surface area (Å²) in [5, 5.41) is 1.96. The summed E-state index contributed by atoms with van der Waals surface area (Å²) in [5.41, 5.74) is 10.9. The van der Waals surface area contributed by atoms with Gasteiger partial charge in [-0.1, -0.05) is 49.8 Å². The molecule has 1 unspecified atom stereocenters. The maximum Gasteiger partial charge on any atom is 0.249 e. The third-order valence-corrected chi connectivity index (χ3v) is 6.76. The lowest BCUT2D eigenvalue weighted by Crippen LogP contribution is -2.24. The second-order valence-corrected chi connectivity index (χ2v) is 9.17. The molecule has 1 atom stereocenters. The molecule has 0 radical (unpaired) electrons. The Kier molecular flexibility index (Phi) is 5.88. The van der Waals surface area contributed by atoms with Crippen LogP contribution in [0.15, 0.2) is 78.1 Å². The minimum atomic E-state index is -0.422. The summed E-state index contributed by atoms with van der Waals surface area (Å²) in [6.45, 7) is 6.67. The van der Waals surface area contributed by atoms with Gasteiger partial charge in [0.1, 0.15) is 5.75 Å². The number of primary amides is 1. The van der Waals surface area contributed by atoms with Gasteiger partial charge in [0.25, 0.3) is 0 Å². The quantitative estimate of drug-likeness (QED) is 0.506. The van der Waals surface area contributed by atoms with Crippen LogP contribution in [-0.4, -0.2) is 18.0 Å². The van der Waals surface area contributed by atoms with Crippen LogP contribution >= 0.6 is 0 Å². The molecule has 2 aromatic carbocycles. The monoisotopic (exact) mass is 426 g/mol. The molecule has 1 aromatic heterocycles. The smallest absolute Gasteiger partial charge is 0.249 e. The topological polar surface area (TPSA) is 65.2 Å². The molecule has 0 fully saturated rings. The average molecular weight is 427 g/mol. The molecule has 0 saturated heterocycles. The van der Waals surface area contributed by atoms with Crippen LogP contribution < -0.4 is 10.5 Å². The number of nitrogens with zero attached hydrogens (tertiary/aromatic N) is 1. The lowest BCUT2D eigenvalue weighted by Gasteiger charge is -2.38. The number of pyridine rings is 1. The van der Waals surface area contributed by atoms with Gasteiger partial charge in [0.2, 0.25) is 5.91 Å². The van der Waals surface area contributed by atoms with E-state index in [9.17, 15) is 4.79 Å². The minimum absolute atomic E-state index is 0.0632. The highest BCUT2D eigenvalue weighted by Gasteiger charge is 2.33. The first-order valence-electron chi connectivity index (χ1n) is 11.0. The van der Waals surface area contributed by atoms with Gasteiger partial charge in [-0.15, -0.1) is 0 Å². The Morgan fingerprint density at radius 2 is 1.97 bits per heavy atom. The Labute approximate surface area is 189 Å². The van der Waals surface area contributed by atoms with Crippen molar-refractivity contribution in [3.63, 3.8) is 0 Å². The SMILES string of the molecule is COc1cccc(C2CCC(C)(C)C(/C=C(/C(N)=O)c3cccc4cnccc34)=C2C)c1. The van der Waals surface area contributed by atoms with Gasteiger partial charge in [-0.2, -0.15) is 0 Å². The third kappa shape index (κ3) is 4.05. The first kappa shape index (κ1) is 21.8. The highest BCUT2D eigenvalue weighted by Crippen LogP contribution is 2.48. The fourth-order valence-corrected chi connectivity index (χ4v) is 4.95. The van der Waals surface area contributed by atoms with Crippen molar-refractivity contribution in [1.29, 1.82) is 0 Å². The number of carbonyl (C=O) groups is 1. The van der Waals surface area contributed by atoms with Crippen LogP contribution in [0.1, 0.15) is 50.7 Å². The average Bonchev–Trinajstić information content (AvgIpc) is 2.78. The van der Waals surface area contributed by atoms with Crippen molar-refractivity contribution in [3.8, 4) is 5.75 Å². The highest BCUT2D eigenvalue weighted by molar-refractivity contribution is 6.22. The summed E-state index contributed by atoms with van der Waals surface area (Å²) >= 11 is 0. The van der Waals surface area contributed by atoms with Gasteiger partial charge in [-0.3, -0.25) is 9.78 Å². The number of ether oxygens (including phenoxy) is 1. The summed E-state index contributed by atoms with van der Waals surface area (Å²) in [7, 11) is 1.69. The lowest BCUT2D eigenvalue weighted by atomic mass is 9.67. The van der Waals surface area contributed by atoms with Gasteiger partial charge in [0, 0.05) is 29.3 Å². The van der Waals surface area contributed by atoms with Crippen molar-refractivity contribution in [3.05, 3.63) is 89.3 Å². The van der Waals surface area contributed by atoms with Crippen LogP contribution in [0.25, 0.3) is 16.3 Å². The summed E-state index contributed by atoms with van der Waals surface area (Å²) in [6.07, 6.45) is 7.65. The zero-order valence-corrected chi connectivity index (χ0v) is 19.2. The Balaban J connectivity index is 1.89. The van der Waals surface area contributed by atoms with Crippen molar-refractivity contribution in [1.82, 2.24) is 4.98 Å². The summed E-state index contributed by atoms with van der Waals surface area (Å²) in [5.74, 6) is 0.712. The van der Waals surface area contributed by atoms with E-state index >= 15 is 0 Å². The molecule has 2 N–H and O–H groups in total. The van der Waals surface area contributed by atoms with Crippen LogP contribution in [0, 0.1) is 5.41 Å². The van der Waals surface area contributed by atoms with Gasteiger partial charge in [0.15, 0.2) is 0 Å². The van der Waals surface area contributed by atoms with Crippen molar-refractivity contribution in [2.45, 2.75) is 39.5 Å².